The van der Waals surface area contributed by atoms with Crippen LogP contribution in [0, 0.1) is 17.4 Å². The molecular formula is C9H15N3O. The van der Waals surface area contributed by atoms with Gasteiger partial charge in [-0.3, -0.25) is 10.1 Å². The molecule has 0 aromatic heterocycles. The van der Waals surface area contributed by atoms with Gasteiger partial charge in [-0.15, -0.1) is 0 Å². The van der Waals surface area contributed by atoms with Crippen molar-refractivity contribution in [2.75, 3.05) is 0 Å². The molecule has 4 nitrogen and oxygen atoms in total. The predicted octanol–water partition coefficient (Wildman–Crippen LogP) is 0.491. The fourth-order valence-corrected chi connectivity index (χ4v) is 1.81. The molecule has 72 valence electrons. The lowest BCUT2D eigenvalue weighted by molar-refractivity contribution is -0.124. The maximum absolute atomic E-state index is 11.3. The minimum absolute atomic E-state index is 0.0733. The third-order valence-electron chi connectivity index (χ3n) is 2.59. The second-order valence-corrected chi connectivity index (χ2v) is 3.51. The maximum atomic E-state index is 11.3. The Morgan fingerprint density at radius 3 is 2.77 bits per heavy atom. The SMILES string of the molecule is N#CNC(=O)C1CCCCCC1N. The number of carbonyl (C=O) groups excluding carboxylic acids is 1. The predicted molar refractivity (Wildman–Crippen MR) is 48.3 cm³/mol. The molecule has 3 N–H and O–H groups in total. The van der Waals surface area contributed by atoms with Gasteiger partial charge in [-0.2, -0.15) is 5.26 Å². The Morgan fingerprint density at radius 2 is 2.08 bits per heavy atom. The smallest absolute Gasteiger partial charge is 0.237 e. The molecule has 2 atom stereocenters. The number of hydrogen-bond acceptors (Lipinski definition) is 3. The van der Waals surface area contributed by atoms with Gasteiger partial charge < -0.3 is 5.73 Å². The molecule has 0 spiro atoms. The number of nitriles is 1. The van der Waals surface area contributed by atoms with Gasteiger partial charge in [0.25, 0.3) is 0 Å². The second-order valence-electron chi connectivity index (χ2n) is 3.51. The summed E-state index contributed by atoms with van der Waals surface area (Å²) in [5.74, 6) is -0.376. The standard InChI is InChI=1S/C9H15N3O/c10-6-12-9(13)7-4-2-1-3-5-8(7)11/h7-8H,1-5,11H2,(H,12,13). The van der Waals surface area contributed by atoms with E-state index >= 15 is 0 Å². The fourth-order valence-electron chi connectivity index (χ4n) is 1.81. The van der Waals surface area contributed by atoms with Crippen LogP contribution in [0.4, 0.5) is 0 Å². The van der Waals surface area contributed by atoms with Crippen molar-refractivity contribution in [2.24, 2.45) is 11.7 Å². The zero-order chi connectivity index (χ0) is 9.68. The summed E-state index contributed by atoms with van der Waals surface area (Å²) in [6.07, 6.45) is 6.63. The van der Waals surface area contributed by atoms with Gasteiger partial charge in [0.2, 0.25) is 5.91 Å². The van der Waals surface area contributed by atoms with Crippen molar-refractivity contribution in [1.82, 2.24) is 5.32 Å². The number of nitrogens with zero attached hydrogens (tertiary/aromatic N) is 1. The van der Waals surface area contributed by atoms with Crippen molar-refractivity contribution in [3.63, 3.8) is 0 Å². The highest BCUT2D eigenvalue weighted by atomic mass is 16.1. The van der Waals surface area contributed by atoms with Crippen LogP contribution in [0.2, 0.25) is 0 Å². The van der Waals surface area contributed by atoms with Gasteiger partial charge in [0.15, 0.2) is 6.19 Å². The Labute approximate surface area is 78.1 Å². The zero-order valence-electron chi connectivity index (χ0n) is 7.62. The van der Waals surface area contributed by atoms with Crippen molar-refractivity contribution in [2.45, 2.75) is 38.1 Å². The molecule has 1 aliphatic carbocycles. The van der Waals surface area contributed by atoms with Gasteiger partial charge >= 0.3 is 0 Å². The number of amides is 1. The largest absolute Gasteiger partial charge is 0.327 e. The number of hydrogen-bond donors (Lipinski definition) is 2. The number of carbonyl (C=O) groups is 1. The number of nitrogens with one attached hydrogen (secondary N) is 1. The first-order chi connectivity index (χ1) is 6.25. The van der Waals surface area contributed by atoms with E-state index in [1.807, 2.05) is 0 Å². The van der Waals surface area contributed by atoms with Crippen LogP contribution in [0.25, 0.3) is 0 Å². The molecule has 1 aliphatic rings. The minimum Gasteiger partial charge on any atom is -0.327 e. The molecular weight excluding hydrogens is 166 g/mol. The Hall–Kier alpha value is -1.08. The minimum atomic E-state index is -0.211. The Bertz CT molecular complexity index is 221. The summed E-state index contributed by atoms with van der Waals surface area (Å²) < 4.78 is 0. The van der Waals surface area contributed by atoms with E-state index in [0.717, 1.165) is 32.1 Å². The quantitative estimate of drug-likeness (QED) is 0.351. The summed E-state index contributed by atoms with van der Waals surface area (Å²) in [6, 6.07) is -0.0733. The van der Waals surface area contributed by atoms with Gasteiger partial charge in [0.05, 0.1) is 5.92 Å². The van der Waals surface area contributed by atoms with Crippen molar-refractivity contribution in [3.8, 4) is 6.19 Å². The Balaban J connectivity index is 2.54. The molecule has 4 heteroatoms. The Kier molecular flexibility index (Phi) is 3.71. The number of nitrogens with two attached hydrogens (primary N) is 1. The summed E-state index contributed by atoms with van der Waals surface area (Å²) in [4.78, 5) is 11.3. The average molecular weight is 181 g/mol. The van der Waals surface area contributed by atoms with Gasteiger partial charge in [-0.05, 0) is 12.8 Å². The van der Waals surface area contributed by atoms with Gasteiger partial charge in [-0.1, -0.05) is 19.3 Å². The second kappa shape index (κ2) is 4.83. The topological polar surface area (TPSA) is 78.9 Å². The van der Waals surface area contributed by atoms with Crippen LogP contribution in [0.1, 0.15) is 32.1 Å². The lowest BCUT2D eigenvalue weighted by atomic mass is 9.95. The molecule has 13 heavy (non-hydrogen) atoms. The zero-order valence-corrected chi connectivity index (χ0v) is 7.62. The summed E-state index contributed by atoms with van der Waals surface area (Å²) in [7, 11) is 0. The van der Waals surface area contributed by atoms with Crippen molar-refractivity contribution in [1.29, 1.82) is 5.26 Å². The van der Waals surface area contributed by atoms with E-state index in [2.05, 4.69) is 5.32 Å². The first-order valence-electron chi connectivity index (χ1n) is 4.70. The van der Waals surface area contributed by atoms with E-state index in [1.54, 1.807) is 6.19 Å². The van der Waals surface area contributed by atoms with Crippen LogP contribution in [0.15, 0.2) is 0 Å². The molecule has 1 fully saturated rings. The van der Waals surface area contributed by atoms with Crippen LogP contribution in [0.5, 0.6) is 0 Å². The molecule has 0 bridgehead atoms. The summed E-state index contributed by atoms with van der Waals surface area (Å²) in [5.41, 5.74) is 5.84. The van der Waals surface area contributed by atoms with Crippen LogP contribution in [-0.2, 0) is 4.79 Å². The molecule has 1 amide bonds. The van der Waals surface area contributed by atoms with E-state index in [4.69, 9.17) is 11.0 Å². The first kappa shape index (κ1) is 10.0. The monoisotopic (exact) mass is 181 g/mol. The van der Waals surface area contributed by atoms with Crippen LogP contribution in [-0.4, -0.2) is 11.9 Å². The van der Waals surface area contributed by atoms with Gasteiger partial charge in [-0.25, -0.2) is 0 Å². The van der Waals surface area contributed by atoms with Gasteiger partial charge in [0, 0.05) is 6.04 Å². The van der Waals surface area contributed by atoms with E-state index in [9.17, 15) is 4.79 Å². The first-order valence-corrected chi connectivity index (χ1v) is 4.70. The normalized spacial score (nSPS) is 28.6. The molecule has 1 saturated carbocycles. The highest BCUT2D eigenvalue weighted by Crippen LogP contribution is 2.22. The highest BCUT2D eigenvalue weighted by molar-refractivity contribution is 5.80. The lowest BCUT2D eigenvalue weighted by Gasteiger charge is -2.18. The van der Waals surface area contributed by atoms with Crippen molar-refractivity contribution >= 4 is 5.91 Å². The number of rotatable bonds is 1. The molecule has 0 radical (unpaired) electrons. The van der Waals surface area contributed by atoms with Crippen LogP contribution in [0.3, 0.4) is 0 Å². The molecule has 0 saturated heterocycles. The van der Waals surface area contributed by atoms with E-state index in [-0.39, 0.29) is 17.9 Å². The van der Waals surface area contributed by atoms with Crippen molar-refractivity contribution in [3.05, 3.63) is 0 Å². The summed E-state index contributed by atoms with van der Waals surface area (Å²) in [6.45, 7) is 0. The molecule has 0 aliphatic heterocycles. The van der Waals surface area contributed by atoms with Crippen molar-refractivity contribution < 1.29 is 4.79 Å². The van der Waals surface area contributed by atoms with E-state index in [0.29, 0.717) is 0 Å². The Morgan fingerprint density at radius 1 is 1.38 bits per heavy atom. The molecule has 0 aromatic carbocycles. The van der Waals surface area contributed by atoms with E-state index < -0.39 is 0 Å². The lowest BCUT2D eigenvalue weighted by Crippen LogP contribution is -2.39. The third-order valence-corrected chi connectivity index (χ3v) is 2.59. The van der Waals surface area contributed by atoms with Crippen LogP contribution < -0.4 is 11.1 Å². The third kappa shape index (κ3) is 2.71. The summed E-state index contributed by atoms with van der Waals surface area (Å²) in [5, 5.41) is 10.5. The molecule has 0 heterocycles. The summed E-state index contributed by atoms with van der Waals surface area (Å²) >= 11 is 0. The van der Waals surface area contributed by atoms with Crippen LogP contribution >= 0.6 is 0 Å². The molecule has 0 aromatic rings. The van der Waals surface area contributed by atoms with E-state index in [1.165, 1.54) is 0 Å². The van der Waals surface area contributed by atoms with Gasteiger partial charge in [0.1, 0.15) is 0 Å². The maximum Gasteiger partial charge on any atom is 0.237 e. The molecule has 2 unspecified atom stereocenters. The highest BCUT2D eigenvalue weighted by Gasteiger charge is 2.26. The fraction of sp³-hybridized carbons (Fsp3) is 0.778. The average Bonchev–Trinajstić information content (AvgIpc) is 2.30. The molecule has 1 rings (SSSR count).